The number of nitrogens with zero attached hydrogens (tertiary/aromatic N) is 1. The van der Waals surface area contributed by atoms with Gasteiger partial charge >= 0.3 is 0 Å². The third-order valence-corrected chi connectivity index (χ3v) is 7.53. The summed E-state index contributed by atoms with van der Waals surface area (Å²) in [6.45, 7) is 0.968. The lowest BCUT2D eigenvalue weighted by Crippen LogP contribution is -2.27. The first-order valence-corrected chi connectivity index (χ1v) is 10.2. The Bertz CT molecular complexity index is 900. The number of sulfone groups is 1. The van der Waals surface area contributed by atoms with Crippen LogP contribution in [0.1, 0.15) is 12.8 Å². The summed E-state index contributed by atoms with van der Waals surface area (Å²) >= 11 is 0. The van der Waals surface area contributed by atoms with E-state index in [2.05, 4.69) is 0 Å². The quantitative estimate of drug-likeness (QED) is 0.847. The van der Waals surface area contributed by atoms with Crippen molar-refractivity contribution in [3.8, 4) is 0 Å². The SMILES string of the molecule is O=S(=O)(c1ccccc1)c1cccc(S(=O)(=O)N2CCCC2)c1. The molecule has 0 aromatic heterocycles. The second-order valence-electron chi connectivity index (χ2n) is 5.40. The smallest absolute Gasteiger partial charge is 0.219 e. The lowest BCUT2D eigenvalue weighted by Gasteiger charge is -2.16. The van der Waals surface area contributed by atoms with E-state index >= 15 is 0 Å². The zero-order valence-corrected chi connectivity index (χ0v) is 14.1. The molecule has 0 radical (unpaired) electrons. The van der Waals surface area contributed by atoms with E-state index in [-0.39, 0.29) is 14.7 Å². The van der Waals surface area contributed by atoms with Gasteiger partial charge in [0.25, 0.3) is 0 Å². The Labute approximate surface area is 136 Å². The molecule has 0 N–H and O–H groups in total. The maximum atomic E-state index is 12.6. The topological polar surface area (TPSA) is 71.5 Å². The summed E-state index contributed by atoms with van der Waals surface area (Å²) in [6, 6.07) is 13.6. The second kappa shape index (κ2) is 6.07. The lowest BCUT2D eigenvalue weighted by atomic mass is 10.4. The predicted molar refractivity (Wildman–Crippen MR) is 86.3 cm³/mol. The first kappa shape index (κ1) is 16.2. The molecule has 0 saturated carbocycles. The van der Waals surface area contributed by atoms with Gasteiger partial charge in [-0.1, -0.05) is 24.3 Å². The molecular formula is C16H17NO4S2. The molecule has 0 amide bonds. The predicted octanol–water partition coefficient (Wildman–Crippen LogP) is 2.30. The van der Waals surface area contributed by atoms with Crippen molar-refractivity contribution in [2.75, 3.05) is 13.1 Å². The van der Waals surface area contributed by atoms with Gasteiger partial charge in [0.05, 0.1) is 14.7 Å². The minimum atomic E-state index is -3.73. The van der Waals surface area contributed by atoms with Crippen molar-refractivity contribution in [2.24, 2.45) is 0 Å². The van der Waals surface area contributed by atoms with Crippen LogP contribution >= 0.6 is 0 Å². The summed E-state index contributed by atoms with van der Waals surface area (Å²) in [5.74, 6) is 0. The highest BCUT2D eigenvalue weighted by Crippen LogP contribution is 2.26. The summed E-state index contributed by atoms with van der Waals surface area (Å²) in [4.78, 5) is 0.163. The van der Waals surface area contributed by atoms with Crippen molar-refractivity contribution in [1.29, 1.82) is 0 Å². The van der Waals surface area contributed by atoms with Crippen LogP contribution in [0.3, 0.4) is 0 Å². The molecule has 1 aliphatic heterocycles. The molecule has 2 aromatic carbocycles. The van der Waals surface area contributed by atoms with E-state index in [9.17, 15) is 16.8 Å². The minimum Gasteiger partial charge on any atom is -0.219 e. The molecular weight excluding hydrogens is 334 g/mol. The fraction of sp³-hybridized carbons (Fsp3) is 0.250. The first-order chi connectivity index (χ1) is 10.9. The highest BCUT2D eigenvalue weighted by molar-refractivity contribution is 7.91. The molecule has 0 spiro atoms. The summed E-state index contributed by atoms with van der Waals surface area (Å²) < 4.78 is 51.8. The van der Waals surface area contributed by atoms with E-state index in [1.54, 1.807) is 18.2 Å². The Morgan fingerprint density at radius 2 is 1.26 bits per heavy atom. The Morgan fingerprint density at radius 1 is 0.696 bits per heavy atom. The Kier molecular flexibility index (Phi) is 4.27. The van der Waals surface area contributed by atoms with Crippen molar-refractivity contribution in [2.45, 2.75) is 27.5 Å². The van der Waals surface area contributed by atoms with E-state index in [1.165, 1.54) is 40.7 Å². The van der Waals surface area contributed by atoms with Gasteiger partial charge in [0.15, 0.2) is 0 Å². The molecule has 0 bridgehead atoms. The van der Waals surface area contributed by atoms with Gasteiger partial charge in [-0.2, -0.15) is 4.31 Å². The molecule has 0 aliphatic carbocycles. The van der Waals surface area contributed by atoms with Gasteiger partial charge in [-0.25, -0.2) is 16.8 Å². The number of rotatable bonds is 4. The van der Waals surface area contributed by atoms with Crippen LogP contribution in [0.2, 0.25) is 0 Å². The van der Waals surface area contributed by atoms with Gasteiger partial charge < -0.3 is 0 Å². The Morgan fingerprint density at radius 3 is 1.91 bits per heavy atom. The Balaban J connectivity index is 2.04. The van der Waals surface area contributed by atoms with Crippen molar-refractivity contribution in [3.05, 3.63) is 54.6 Å². The van der Waals surface area contributed by atoms with Crippen molar-refractivity contribution in [3.63, 3.8) is 0 Å². The van der Waals surface area contributed by atoms with E-state index in [0.717, 1.165) is 12.8 Å². The summed E-state index contributed by atoms with van der Waals surface area (Å²) in [5.41, 5.74) is 0. The van der Waals surface area contributed by atoms with E-state index in [0.29, 0.717) is 13.1 Å². The lowest BCUT2D eigenvalue weighted by molar-refractivity contribution is 0.477. The fourth-order valence-electron chi connectivity index (χ4n) is 2.62. The molecule has 1 saturated heterocycles. The molecule has 0 unspecified atom stereocenters. The molecule has 1 heterocycles. The molecule has 23 heavy (non-hydrogen) atoms. The van der Waals surface area contributed by atoms with Crippen LogP contribution in [0.25, 0.3) is 0 Å². The monoisotopic (exact) mass is 351 g/mol. The van der Waals surface area contributed by atoms with E-state index < -0.39 is 19.9 Å². The van der Waals surface area contributed by atoms with Gasteiger partial charge in [-0.15, -0.1) is 0 Å². The van der Waals surface area contributed by atoms with Gasteiger partial charge in [-0.05, 0) is 43.2 Å². The van der Waals surface area contributed by atoms with Gasteiger partial charge in [0, 0.05) is 13.1 Å². The maximum absolute atomic E-state index is 12.6. The van der Waals surface area contributed by atoms with Crippen molar-refractivity contribution < 1.29 is 16.8 Å². The van der Waals surface area contributed by atoms with Crippen LogP contribution in [0, 0.1) is 0 Å². The van der Waals surface area contributed by atoms with Crippen LogP contribution in [0.4, 0.5) is 0 Å². The standard InChI is InChI=1S/C16H17NO4S2/c18-22(19,14-7-2-1-3-8-14)15-9-6-10-16(13-15)23(20,21)17-11-4-5-12-17/h1-3,6-10,13H,4-5,11-12H2. The average molecular weight is 351 g/mol. The summed E-state index contributed by atoms with van der Waals surface area (Å²) in [6.07, 6.45) is 1.67. The molecule has 7 heteroatoms. The number of hydrogen-bond donors (Lipinski definition) is 0. The third kappa shape index (κ3) is 3.04. The molecule has 2 aromatic rings. The van der Waals surface area contributed by atoms with Crippen LogP contribution in [0.5, 0.6) is 0 Å². The molecule has 3 rings (SSSR count). The Hall–Kier alpha value is -1.70. The highest BCUT2D eigenvalue weighted by atomic mass is 32.2. The minimum absolute atomic E-state index is 0.0102. The van der Waals surface area contributed by atoms with Gasteiger partial charge in [0.1, 0.15) is 0 Å². The molecule has 122 valence electrons. The molecule has 0 atom stereocenters. The molecule has 1 fully saturated rings. The van der Waals surface area contributed by atoms with Crippen LogP contribution in [-0.2, 0) is 19.9 Å². The largest absolute Gasteiger partial charge is 0.243 e. The maximum Gasteiger partial charge on any atom is 0.243 e. The number of hydrogen-bond acceptors (Lipinski definition) is 4. The average Bonchev–Trinajstić information content (AvgIpc) is 3.11. The van der Waals surface area contributed by atoms with Crippen LogP contribution in [-0.4, -0.2) is 34.2 Å². The molecule has 1 aliphatic rings. The van der Waals surface area contributed by atoms with E-state index in [1.807, 2.05) is 0 Å². The van der Waals surface area contributed by atoms with Crippen molar-refractivity contribution in [1.82, 2.24) is 4.31 Å². The van der Waals surface area contributed by atoms with Gasteiger partial charge in [-0.3, -0.25) is 0 Å². The highest BCUT2D eigenvalue weighted by Gasteiger charge is 2.28. The first-order valence-electron chi connectivity index (χ1n) is 7.33. The van der Waals surface area contributed by atoms with E-state index in [4.69, 9.17) is 0 Å². The summed E-state index contributed by atoms with van der Waals surface area (Å²) in [5, 5.41) is 0. The number of sulfonamides is 1. The number of benzene rings is 2. The second-order valence-corrected chi connectivity index (χ2v) is 9.29. The normalized spacial score (nSPS) is 16.5. The fourth-order valence-corrected chi connectivity index (χ4v) is 5.58. The third-order valence-electron chi connectivity index (χ3n) is 3.87. The zero-order valence-electron chi connectivity index (χ0n) is 12.4. The molecule has 5 nitrogen and oxygen atoms in total. The zero-order chi connectivity index (χ0) is 16.5. The van der Waals surface area contributed by atoms with Gasteiger partial charge in [0.2, 0.25) is 19.9 Å². The van der Waals surface area contributed by atoms with Crippen LogP contribution in [0.15, 0.2) is 69.3 Å². The van der Waals surface area contributed by atoms with Crippen LogP contribution < -0.4 is 0 Å². The summed E-state index contributed by atoms with van der Waals surface area (Å²) in [7, 11) is -7.36. The van der Waals surface area contributed by atoms with Crippen molar-refractivity contribution >= 4 is 19.9 Å².